The van der Waals surface area contributed by atoms with Gasteiger partial charge in [-0.25, -0.2) is 4.79 Å². The summed E-state index contributed by atoms with van der Waals surface area (Å²) in [6.45, 7) is 6.95. The summed E-state index contributed by atoms with van der Waals surface area (Å²) in [6, 6.07) is 5.61. The van der Waals surface area contributed by atoms with Crippen molar-refractivity contribution in [2.75, 3.05) is 0 Å². The first-order valence-corrected chi connectivity index (χ1v) is 11.3. The van der Waals surface area contributed by atoms with E-state index < -0.39 is 13.0 Å². The number of esters is 1. The molecule has 2 atom stereocenters. The second-order valence-corrected chi connectivity index (χ2v) is 12.5. The van der Waals surface area contributed by atoms with Crippen LogP contribution in [0.2, 0.25) is 25.2 Å². The zero-order chi connectivity index (χ0) is 16.3. The van der Waals surface area contributed by atoms with Gasteiger partial charge in [0.05, 0.1) is 18.6 Å². The van der Waals surface area contributed by atoms with Crippen LogP contribution in [0.1, 0.15) is 36.0 Å². The van der Waals surface area contributed by atoms with Gasteiger partial charge in [0.25, 0.3) is 5.69 Å². The highest BCUT2D eigenvalue weighted by Crippen LogP contribution is 2.39. The molecule has 1 aromatic rings. The quantitative estimate of drug-likeness (QED) is 0.356. The first kappa shape index (κ1) is 16.7. The molecular formula is C16H23NO4Si. The summed E-state index contributed by atoms with van der Waals surface area (Å²) in [7, 11) is -1.38. The summed E-state index contributed by atoms with van der Waals surface area (Å²) in [5.41, 5.74) is 0.850. The first-order chi connectivity index (χ1) is 10.3. The third-order valence-corrected chi connectivity index (χ3v) is 7.27. The van der Waals surface area contributed by atoms with Crippen molar-refractivity contribution in [2.24, 2.45) is 0 Å². The van der Waals surface area contributed by atoms with Crippen molar-refractivity contribution in [3.63, 3.8) is 0 Å². The monoisotopic (exact) mass is 321 g/mol. The zero-order valence-electron chi connectivity index (χ0n) is 13.4. The predicted molar refractivity (Wildman–Crippen MR) is 87.9 cm³/mol. The molecule has 1 aliphatic carbocycles. The molecule has 1 saturated carbocycles. The molecule has 0 radical (unpaired) electrons. The third-order valence-electron chi connectivity index (χ3n) is 4.39. The number of rotatable bonds is 4. The smallest absolute Gasteiger partial charge is 0.338 e. The highest BCUT2D eigenvalue weighted by atomic mass is 28.3. The fourth-order valence-electron chi connectivity index (χ4n) is 3.15. The van der Waals surface area contributed by atoms with Crippen LogP contribution in [0.15, 0.2) is 24.3 Å². The molecule has 120 valence electrons. The Bertz CT molecular complexity index is 550. The molecule has 22 heavy (non-hydrogen) atoms. The summed E-state index contributed by atoms with van der Waals surface area (Å²) in [5, 5.41) is 10.6. The van der Waals surface area contributed by atoms with Gasteiger partial charge in [-0.2, -0.15) is 0 Å². The summed E-state index contributed by atoms with van der Waals surface area (Å²) in [4.78, 5) is 22.5. The summed E-state index contributed by atoms with van der Waals surface area (Å²) >= 11 is 0. The number of nitro groups is 1. The lowest BCUT2D eigenvalue weighted by Gasteiger charge is -2.38. The van der Waals surface area contributed by atoms with Crippen molar-refractivity contribution < 1.29 is 14.5 Å². The van der Waals surface area contributed by atoms with Crippen molar-refractivity contribution >= 4 is 19.7 Å². The molecule has 0 bridgehead atoms. The minimum Gasteiger partial charge on any atom is -0.459 e. The van der Waals surface area contributed by atoms with Crippen molar-refractivity contribution in [3.05, 3.63) is 39.9 Å². The van der Waals surface area contributed by atoms with Gasteiger partial charge in [0.15, 0.2) is 0 Å². The lowest BCUT2D eigenvalue weighted by molar-refractivity contribution is -0.384. The van der Waals surface area contributed by atoms with Gasteiger partial charge < -0.3 is 4.74 Å². The zero-order valence-corrected chi connectivity index (χ0v) is 14.4. The molecule has 6 heteroatoms. The van der Waals surface area contributed by atoms with Gasteiger partial charge in [-0.05, 0) is 36.9 Å². The molecule has 0 amide bonds. The fourth-order valence-corrected chi connectivity index (χ4v) is 5.57. The van der Waals surface area contributed by atoms with Gasteiger partial charge in [-0.15, -0.1) is 0 Å². The number of hydrogen-bond donors (Lipinski definition) is 0. The highest BCUT2D eigenvalue weighted by molar-refractivity contribution is 6.77. The van der Waals surface area contributed by atoms with E-state index in [0.29, 0.717) is 11.1 Å². The molecule has 1 fully saturated rings. The average molecular weight is 321 g/mol. The Morgan fingerprint density at radius 3 is 2.32 bits per heavy atom. The standard InChI is InChI=1S/C16H23NO4Si/c1-22(2,3)15-7-5-4-6-14(15)21-16(18)12-8-10-13(11-9-12)17(19)20/h8-11,14-15H,4-7H2,1-3H3/t14-,15-/m0/s1. The highest BCUT2D eigenvalue weighted by Gasteiger charge is 2.37. The molecule has 0 aliphatic heterocycles. The second kappa shape index (κ2) is 6.60. The summed E-state index contributed by atoms with van der Waals surface area (Å²) < 4.78 is 5.74. The summed E-state index contributed by atoms with van der Waals surface area (Å²) in [5.74, 6) is -0.370. The number of nitrogens with zero attached hydrogens (tertiary/aromatic N) is 1. The maximum atomic E-state index is 12.3. The van der Waals surface area contributed by atoms with E-state index in [0.717, 1.165) is 19.3 Å². The van der Waals surface area contributed by atoms with Crippen molar-refractivity contribution in [1.82, 2.24) is 0 Å². The molecular weight excluding hydrogens is 298 g/mol. The van der Waals surface area contributed by atoms with Gasteiger partial charge >= 0.3 is 5.97 Å². The number of benzene rings is 1. The number of hydrogen-bond acceptors (Lipinski definition) is 4. The molecule has 0 unspecified atom stereocenters. The summed E-state index contributed by atoms with van der Waals surface area (Å²) in [6.07, 6.45) is 4.35. The molecule has 0 saturated heterocycles. The number of carbonyl (C=O) groups is 1. The molecule has 1 aliphatic rings. The van der Waals surface area contributed by atoms with Crippen LogP contribution in [0.5, 0.6) is 0 Å². The van der Waals surface area contributed by atoms with E-state index in [1.165, 1.54) is 30.7 Å². The number of ether oxygens (including phenoxy) is 1. The van der Waals surface area contributed by atoms with E-state index in [-0.39, 0.29) is 17.8 Å². The van der Waals surface area contributed by atoms with Gasteiger partial charge in [-0.3, -0.25) is 10.1 Å². The van der Waals surface area contributed by atoms with Crippen LogP contribution in [0.25, 0.3) is 0 Å². The average Bonchev–Trinajstić information content (AvgIpc) is 2.46. The Morgan fingerprint density at radius 2 is 1.77 bits per heavy atom. The van der Waals surface area contributed by atoms with E-state index in [2.05, 4.69) is 19.6 Å². The predicted octanol–water partition coefficient (Wildman–Crippen LogP) is 4.40. The van der Waals surface area contributed by atoms with E-state index in [4.69, 9.17) is 4.74 Å². The number of carbonyl (C=O) groups excluding carboxylic acids is 1. The van der Waals surface area contributed by atoms with E-state index >= 15 is 0 Å². The Labute approximate surface area is 131 Å². The maximum Gasteiger partial charge on any atom is 0.338 e. The molecule has 0 heterocycles. The third kappa shape index (κ3) is 3.94. The largest absolute Gasteiger partial charge is 0.459 e. The Hall–Kier alpha value is -1.69. The molecule has 0 N–H and O–H groups in total. The van der Waals surface area contributed by atoms with Crippen molar-refractivity contribution in [1.29, 1.82) is 0 Å². The Morgan fingerprint density at radius 1 is 1.18 bits per heavy atom. The second-order valence-electron chi connectivity index (χ2n) is 7.00. The number of nitro benzene ring substituents is 1. The number of non-ortho nitro benzene ring substituents is 1. The normalized spacial score (nSPS) is 22.1. The van der Waals surface area contributed by atoms with Crippen LogP contribution in [-0.4, -0.2) is 25.1 Å². The minimum absolute atomic E-state index is 0.0110. The van der Waals surface area contributed by atoms with Gasteiger partial charge in [0.1, 0.15) is 6.10 Å². The van der Waals surface area contributed by atoms with Crippen LogP contribution < -0.4 is 0 Å². The molecule has 2 rings (SSSR count). The minimum atomic E-state index is -1.38. The van der Waals surface area contributed by atoms with Crippen LogP contribution in [-0.2, 0) is 4.74 Å². The SMILES string of the molecule is C[Si](C)(C)[C@H]1CCCC[C@@H]1OC(=O)c1ccc([N+](=O)[O-])cc1. The maximum absolute atomic E-state index is 12.3. The van der Waals surface area contributed by atoms with E-state index in [1.807, 2.05) is 0 Å². The van der Waals surface area contributed by atoms with Crippen molar-refractivity contribution in [2.45, 2.75) is 57.0 Å². The lowest BCUT2D eigenvalue weighted by Crippen LogP contribution is -2.40. The first-order valence-electron chi connectivity index (χ1n) is 7.74. The van der Waals surface area contributed by atoms with E-state index in [9.17, 15) is 14.9 Å². The molecule has 0 aromatic heterocycles. The topological polar surface area (TPSA) is 69.4 Å². The molecule has 1 aromatic carbocycles. The van der Waals surface area contributed by atoms with Crippen LogP contribution in [0.3, 0.4) is 0 Å². The Kier molecular flexibility index (Phi) is 5.00. The van der Waals surface area contributed by atoms with E-state index in [1.54, 1.807) is 0 Å². The molecule has 0 spiro atoms. The van der Waals surface area contributed by atoms with Gasteiger partial charge in [0, 0.05) is 12.1 Å². The lowest BCUT2D eigenvalue weighted by atomic mass is 9.97. The van der Waals surface area contributed by atoms with Gasteiger partial charge in [0.2, 0.25) is 0 Å². The van der Waals surface area contributed by atoms with Gasteiger partial charge in [-0.1, -0.05) is 26.1 Å². The fraction of sp³-hybridized carbons (Fsp3) is 0.562. The van der Waals surface area contributed by atoms with Crippen LogP contribution in [0.4, 0.5) is 5.69 Å². The van der Waals surface area contributed by atoms with Crippen molar-refractivity contribution in [3.8, 4) is 0 Å². The Balaban J connectivity index is 2.08. The molecule has 5 nitrogen and oxygen atoms in total. The van der Waals surface area contributed by atoms with Crippen LogP contribution >= 0.6 is 0 Å². The van der Waals surface area contributed by atoms with Crippen LogP contribution in [0, 0.1) is 10.1 Å².